The molecule has 2 atom stereocenters. The second kappa shape index (κ2) is 5.77. The number of nitrogens with zero attached hydrogens (tertiary/aromatic N) is 1. The van der Waals surface area contributed by atoms with E-state index >= 15 is 0 Å². The van der Waals surface area contributed by atoms with Crippen molar-refractivity contribution in [1.82, 2.24) is 0 Å². The zero-order chi connectivity index (χ0) is 9.56. The van der Waals surface area contributed by atoms with E-state index in [2.05, 4.69) is 19.9 Å². The van der Waals surface area contributed by atoms with Gasteiger partial charge in [-0.1, -0.05) is 20.8 Å². The molecule has 0 aliphatic carbocycles. The van der Waals surface area contributed by atoms with Crippen LogP contribution in [0.25, 0.3) is 0 Å². The molecule has 0 saturated carbocycles. The van der Waals surface area contributed by atoms with E-state index in [-0.39, 0.29) is 11.8 Å². The van der Waals surface area contributed by atoms with Gasteiger partial charge in [-0.3, -0.25) is 0 Å². The van der Waals surface area contributed by atoms with Gasteiger partial charge in [0.2, 0.25) is 0 Å². The smallest absolute Gasteiger partial charge is 0.124 e. The molecule has 0 aliphatic rings. The van der Waals surface area contributed by atoms with E-state index in [0.717, 1.165) is 19.1 Å². The summed E-state index contributed by atoms with van der Waals surface area (Å²) in [6.07, 6.45) is 2.73. The van der Waals surface area contributed by atoms with Crippen molar-refractivity contribution in [2.24, 2.45) is 17.8 Å². The second-order valence-corrected chi connectivity index (χ2v) is 3.70. The standard InChI is InChI=1S/C10H17NO/c1-8(2)4-5-10(6-11)9(3)7-12/h7-10H,4-5H2,1-3H3/t9?,10-/m1/s1. The Hall–Kier alpha value is -0.840. The Kier molecular flexibility index (Phi) is 5.36. The minimum Gasteiger partial charge on any atom is -0.303 e. The summed E-state index contributed by atoms with van der Waals surface area (Å²) in [4.78, 5) is 10.4. The van der Waals surface area contributed by atoms with Crippen LogP contribution in [0, 0.1) is 29.1 Å². The average molecular weight is 167 g/mol. The first-order valence-corrected chi connectivity index (χ1v) is 4.46. The molecule has 0 radical (unpaired) electrons. The van der Waals surface area contributed by atoms with Crippen molar-refractivity contribution in [2.45, 2.75) is 33.6 Å². The van der Waals surface area contributed by atoms with Crippen LogP contribution in [-0.4, -0.2) is 6.29 Å². The van der Waals surface area contributed by atoms with Crippen LogP contribution in [-0.2, 0) is 4.79 Å². The molecular formula is C10H17NO. The van der Waals surface area contributed by atoms with Crippen molar-refractivity contribution in [1.29, 1.82) is 5.26 Å². The van der Waals surface area contributed by atoms with Gasteiger partial charge in [-0.25, -0.2) is 0 Å². The first-order chi connectivity index (χ1) is 5.61. The molecule has 2 heteroatoms. The van der Waals surface area contributed by atoms with E-state index in [0.29, 0.717) is 5.92 Å². The Balaban J connectivity index is 3.85. The van der Waals surface area contributed by atoms with Gasteiger partial charge >= 0.3 is 0 Å². The molecule has 0 aromatic carbocycles. The van der Waals surface area contributed by atoms with Gasteiger partial charge in [0, 0.05) is 5.92 Å². The third kappa shape index (κ3) is 4.12. The normalized spacial score (nSPS) is 15.2. The van der Waals surface area contributed by atoms with Gasteiger partial charge in [-0.15, -0.1) is 0 Å². The lowest BCUT2D eigenvalue weighted by Gasteiger charge is -2.12. The van der Waals surface area contributed by atoms with Crippen LogP contribution in [0.2, 0.25) is 0 Å². The molecule has 68 valence electrons. The monoisotopic (exact) mass is 167 g/mol. The van der Waals surface area contributed by atoms with Gasteiger partial charge in [-0.05, 0) is 18.8 Å². The Labute approximate surface area is 74.6 Å². The number of aldehydes is 1. The number of rotatable bonds is 5. The molecule has 0 amide bonds. The summed E-state index contributed by atoms with van der Waals surface area (Å²) in [5.41, 5.74) is 0. The maximum atomic E-state index is 10.4. The van der Waals surface area contributed by atoms with Crippen LogP contribution in [0.1, 0.15) is 33.6 Å². The van der Waals surface area contributed by atoms with E-state index in [1.54, 1.807) is 6.92 Å². The molecule has 0 bridgehead atoms. The Bertz CT molecular complexity index is 169. The van der Waals surface area contributed by atoms with E-state index in [9.17, 15) is 4.79 Å². The zero-order valence-electron chi connectivity index (χ0n) is 8.08. The zero-order valence-corrected chi connectivity index (χ0v) is 8.08. The van der Waals surface area contributed by atoms with Crippen molar-refractivity contribution in [3.63, 3.8) is 0 Å². The highest BCUT2D eigenvalue weighted by molar-refractivity contribution is 5.54. The molecule has 0 heterocycles. The Morgan fingerprint density at radius 2 is 1.92 bits per heavy atom. The second-order valence-electron chi connectivity index (χ2n) is 3.70. The molecule has 1 unspecified atom stereocenters. The predicted molar refractivity (Wildman–Crippen MR) is 48.4 cm³/mol. The summed E-state index contributed by atoms with van der Waals surface area (Å²) < 4.78 is 0. The summed E-state index contributed by atoms with van der Waals surface area (Å²) in [6, 6.07) is 2.18. The van der Waals surface area contributed by atoms with Gasteiger partial charge in [0.15, 0.2) is 0 Å². The molecule has 0 rings (SSSR count). The summed E-state index contributed by atoms with van der Waals surface area (Å²) in [5.74, 6) is 0.401. The maximum Gasteiger partial charge on any atom is 0.124 e. The van der Waals surface area contributed by atoms with Crippen LogP contribution < -0.4 is 0 Å². The molecule has 0 aromatic heterocycles. The van der Waals surface area contributed by atoms with Crippen molar-refractivity contribution < 1.29 is 4.79 Å². The minimum atomic E-state index is -0.117. The molecular weight excluding hydrogens is 150 g/mol. The van der Waals surface area contributed by atoms with Crippen LogP contribution >= 0.6 is 0 Å². The fraction of sp³-hybridized carbons (Fsp3) is 0.800. The Morgan fingerprint density at radius 3 is 2.25 bits per heavy atom. The summed E-state index contributed by atoms with van der Waals surface area (Å²) in [6.45, 7) is 6.06. The maximum absolute atomic E-state index is 10.4. The number of carbonyl (C=O) groups is 1. The van der Waals surface area contributed by atoms with Crippen molar-refractivity contribution >= 4 is 6.29 Å². The van der Waals surface area contributed by atoms with E-state index in [1.165, 1.54) is 0 Å². The largest absolute Gasteiger partial charge is 0.303 e. The quantitative estimate of drug-likeness (QED) is 0.590. The topological polar surface area (TPSA) is 40.9 Å². The van der Waals surface area contributed by atoms with E-state index < -0.39 is 0 Å². The molecule has 0 fully saturated rings. The summed E-state index contributed by atoms with van der Waals surface area (Å²) in [5, 5.41) is 8.73. The predicted octanol–water partition coefficient (Wildman–Crippen LogP) is 2.40. The summed E-state index contributed by atoms with van der Waals surface area (Å²) >= 11 is 0. The van der Waals surface area contributed by atoms with Gasteiger partial charge in [0.1, 0.15) is 6.29 Å². The number of carbonyl (C=O) groups excluding carboxylic acids is 1. The van der Waals surface area contributed by atoms with Crippen molar-refractivity contribution in [2.75, 3.05) is 0 Å². The van der Waals surface area contributed by atoms with Gasteiger partial charge in [0.05, 0.1) is 12.0 Å². The molecule has 0 aliphatic heterocycles. The molecule has 0 aromatic rings. The first kappa shape index (κ1) is 11.2. The van der Waals surface area contributed by atoms with E-state index in [4.69, 9.17) is 5.26 Å². The highest BCUT2D eigenvalue weighted by atomic mass is 16.1. The van der Waals surface area contributed by atoms with Gasteiger partial charge in [-0.2, -0.15) is 5.26 Å². The third-order valence-electron chi connectivity index (χ3n) is 2.07. The lowest BCUT2D eigenvalue weighted by Crippen LogP contribution is -2.11. The lowest BCUT2D eigenvalue weighted by molar-refractivity contribution is -0.111. The fourth-order valence-electron chi connectivity index (χ4n) is 1.05. The minimum absolute atomic E-state index is 0.0927. The number of hydrogen-bond donors (Lipinski definition) is 0. The number of nitriles is 1. The first-order valence-electron chi connectivity index (χ1n) is 4.46. The van der Waals surface area contributed by atoms with Gasteiger partial charge in [0.25, 0.3) is 0 Å². The van der Waals surface area contributed by atoms with Crippen LogP contribution in [0.15, 0.2) is 0 Å². The SMILES string of the molecule is CC(C)CC[C@H](C#N)C(C)C=O. The number of hydrogen-bond acceptors (Lipinski definition) is 2. The molecule has 12 heavy (non-hydrogen) atoms. The summed E-state index contributed by atoms with van der Waals surface area (Å²) in [7, 11) is 0. The Morgan fingerprint density at radius 1 is 1.33 bits per heavy atom. The lowest BCUT2D eigenvalue weighted by atomic mass is 9.90. The van der Waals surface area contributed by atoms with Crippen LogP contribution in [0.5, 0.6) is 0 Å². The molecule has 0 spiro atoms. The molecule has 2 nitrogen and oxygen atoms in total. The van der Waals surface area contributed by atoms with E-state index in [1.807, 2.05) is 0 Å². The van der Waals surface area contributed by atoms with Crippen molar-refractivity contribution in [3.05, 3.63) is 0 Å². The fourth-order valence-corrected chi connectivity index (χ4v) is 1.05. The highest BCUT2D eigenvalue weighted by Gasteiger charge is 2.15. The molecule has 0 saturated heterocycles. The van der Waals surface area contributed by atoms with Gasteiger partial charge < -0.3 is 4.79 Å². The molecule has 0 N–H and O–H groups in total. The third-order valence-corrected chi connectivity index (χ3v) is 2.07. The average Bonchev–Trinajstić information content (AvgIpc) is 2.04. The van der Waals surface area contributed by atoms with Crippen LogP contribution in [0.4, 0.5) is 0 Å². The highest BCUT2D eigenvalue weighted by Crippen LogP contribution is 2.17. The van der Waals surface area contributed by atoms with Crippen molar-refractivity contribution in [3.8, 4) is 6.07 Å². The van der Waals surface area contributed by atoms with Crippen LogP contribution in [0.3, 0.4) is 0 Å².